The molecule has 18 aromatic rings. The zero-order valence-electron chi connectivity index (χ0n) is 70.3. The lowest BCUT2D eigenvalue weighted by Gasteiger charge is -2.46. The van der Waals surface area contributed by atoms with Crippen molar-refractivity contribution in [2.45, 2.75) is 62.2 Å². The van der Waals surface area contributed by atoms with Gasteiger partial charge in [0, 0.05) is 94.9 Å². The van der Waals surface area contributed by atoms with E-state index < -0.39 is 0 Å². The largest absolute Gasteiger partial charge is 0.311 e. The van der Waals surface area contributed by atoms with E-state index in [1.807, 2.05) is 11.8 Å². The second-order valence-electron chi connectivity index (χ2n) is 35.2. The summed E-state index contributed by atoms with van der Waals surface area (Å²) in [7, 11) is 0. The first-order chi connectivity index (χ1) is 60.8. The Morgan fingerprint density at radius 1 is 0.218 bits per heavy atom. The van der Waals surface area contributed by atoms with Crippen LogP contribution in [0.5, 0.6) is 0 Å². The van der Waals surface area contributed by atoms with Crippen molar-refractivity contribution in [2.75, 3.05) is 24.5 Å². The molecule has 8 heteroatoms. The van der Waals surface area contributed by atoms with Gasteiger partial charge in [-0.2, -0.15) is 0 Å². The van der Waals surface area contributed by atoms with Crippen LogP contribution in [-0.4, -0.2) is 13.4 Å². The van der Waals surface area contributed by atoms with Crippen molar-refractivity contribution in [1.29, 1.82) is 0 Å². The van der Waals surface area contributed by atoms with Crippen LogP contribution in [0.1, 0.15) is 52.7 Å². The summed E-state index contributed by atoms with van der Waals surface area (Å²) < 4.78 is 0. The fourth-order valence-electron chi connectivity index (χ4n) is 19.5. The number of rotatable bonds is 15. The van der Waals surface area contributed by atoms with Gasteiger partial charge in [0.05, 0.1) is 11.4 Å². The van der Waals surface area contributed by atoms with Crippen LogP contribution in [0.3, 0.4) is 0 Å². The van der Waals surface area contributed by atoms with E-state index in [-0.39, 0.29) is 24.3 Å². The van der Waals surface area contributed by atoms with Crippen LogP contribution in [0.4, 0.5) is 85.3 Å². The molecule has 4 aliphatic rings. The highest BCUT2D eigenvalue weighted by molar-refractivity contribution is 8.00. The second-order valence-corrected chi connectivity index (χ2v) is 36.2. The standard InChI is InChI=1S/C116H89B2N5S/c1-115(2,3)88-60-48-86(49-61-88)98-42-29-43-99(87-50-62-89(63-51-87)116(4,5)6)114(98)123-106-77-110-103(118-101-45-26-28-47-105(101)122(91-40-23-12-24-41-91)109-74-97(75-111(124-110)113(109)118)120(94-68-56-84(57-69-94)80-34-17-9-18-35-80)95-70-58-85(59-71-95)81-36-19-10-20-37-81)76-102(106)117-100-44-25-27-46-104(100)121(90-38-21-11-22-39-90)107-72-96(73-108(123)112(107)117)119(92-64-52-82(53-65-92)78-30-13-7-14-31-78)93-66-54-83(55-67-93)79-32-15-8-16-33-79/h7-77H,1-6H3. The van der Waals surface area contributed by atoms with E-state index in [1.165, 1.54) is 75.9 Å². The van der Waals surface area contributed by atoms with Crippen LogP contribution < -0.4 is 57.3 Å². The molecular formula is C116H89B2N5S. The third kappa shape index (κ3) is 13.4. The Bertz CT molecular complexity index is 6800. The number of benzene rings is 18. The van der Waals surface area contributed by atoms with Crippen molar-refractivity contribution in [3.8, 4) is 66.8 Å². The zero-order valence-corrected chi connectivity index (χ0v) is 71.1. The van der Waals surface area contributed by atoms with E-state index in [4.69, 9.17) is 0 Å². The predicted octanol–water partition coefficient (Wildman–Crippen LogP) is 28.1. The molecule has 0 fully saturated rings. The Morgan fingerprint density at radius 2 is 0.532 bits per heavy atom. The van der Waals surface area contributed by atoms with Crippen LogP contribution in [0, 0.1) is 0 Å². The summed E-state index contributed by atoms with van der Waals surface area (Å²) in [4.78, 5) is 15.2. The fourth-order valence-corrected chi connectivity index (χ4v) is 20.7. The predicted molar refractivity (Wildman–Crippen MR) is 530 cm³/mol. The number of anilines is 15. The molecule has 0 unspecified atom stereocenters. The molecule has 18 aromatic carbocycles. The van der Waals surface area contributed by atoms with Gasteiger partial charge in [-0.05, 0) is 220 Å². The molecule has 4 heterocycles. The Balaban J connectivity index is 0.838. The molecule has 124 heavy (non-hydrogen) atoms. The molecule has 0 aromatic heterocycles. The maximum absolute atomic E-state index is 2.74. The van der Waals surface area contributed by atoms with Gasteiger partial charge < -0.3 is 24.5 Å². The van der Waals surface area contributed by atoms with Crippen molar-refractivity contribution in [1.82, 2.24) is 0 Å². The minimum Gasteiger partial charge on any atom is -0.311 e. The Morgan fingerprint density at radius 3 is 0.911 bits per heavy atom. The quantitative estimate of drug-likeness (QED) is 0.0944. The summed E-state index contributed by atoms with van der Waals surface area (Å²) >= 11 is 1.92. The molecule has 4 aliphatic heterocycles. The molecule has 0 spiro atoms. The van der Waals surface area contributed by atoms with Crippen molar-refractivity contribution in [3.63, 3.8) is 0 Å². The Kier molecular flexibility index (Phi) is 18.8. The highest BCUT2D eigenvalue weighted by Crippen LogP contribution is 2.55. The zero-order chi connectivity index (χ0) is 83.3. The summed E-state index contributed by atoms with van der Waals surface area (Å²) in [6, 6.07) is 162. The molecular weight excluding hydrogens is 1520 g/mol. The molecule has 0 N–H and O–H groups in total. The van der Waals surface area contributed by atoms with Gasteiger partial charge in [0.25, 0.3) is 6.71 Å². The summed E-state index contributed by atoms with van der Waals surface area (Å²) in [6.45, 7) is 13.5. The van der Waals surface area contributed by atoms with Crippen LogP contribution in [0.15, 0.2) is 441 Å². The maximum Gasteiger partial charge on any atom is 0.252 e. The highest BCUT2D eigenvalue weighted by atomic mass is 32.2. The van der Waals surface area contributed by atoms with Gasteiger partial charge in [0.15, 0.2) is 0 Å². The van der Waals surface area contributed by atoms with E-state index >= 15 is 0 Å². The molecule has 0 amide bonds. The van der Waals surface area contributed by atoms with Crippen molar-refractivity contribution in [3.05, 3.63) is 442 Å². The first kappa shape index (κ1) is 75.6. The van der Waals surface area contributed by atoms with E-state index in [9.17, 15) is 0 Å². The Hall–Kier alpha value is -14.6. The van der Waals surface area contributed by atoms with Crippen molar-refractivity contribution in [2.24, 2.45) is 0 Å². The molecule has 0 saturated carbocycles. The second kappa shape index (κ2) is 30.8. The average Bonchev–Trinajstić information content (AvgIpc) is 0.666. The third-order valence-electron chi connectivity index (χ3n) is 25.6. The van der Waals surface area contributed by atoms with Gasteiger partial charge in [0.2, 0.25) is 6.71 Å². The summed E-state index contributed by atoms with van der Waals surface area (Å²) in [5, 5.41) is 0. The monoisotopic (exact) mass is 1610 g/mol. The lowest BCUT2D eigenvalue weighted by molar-refractivity contribution is 0.590. The number of nitrogens with zero attached hydrogens (tertiary/aromatic N) is 5. The SMILES string of the molecule is CC(C)(C)c1ccc(-c2cccc(-c3ccc(C(C)(C)C)cc3)c2N2c3cc4c(cc3B3c5ccccc5N(c5ccccc5)c5cc(N(c6ccc(-c7ccccc7)cc6)c6ccc(-c7ccccc7)cc6)cc2c53)B2c3ccccc3N(c3ccccc3)c3cc(N(c5ccc(-c6ccccc6)cc5)c5ccc(-c6ccccc6)cc5)cc(c32)S4)cc1. The van der Waals surface area contributed by atoms with Crippen LogP contribution in [0.2, 0.25) is 0 Å². The number of fused-ring (bicyclic) bond motifs is 8. The third-order valence-corrected chi connectivity index (χ3v) is 26.7. The molecule has 0 bridgehead atoms. The van der Waals surface area contributed by atoms with Gasteiger partial charge >= 0.3 is 0 Å². The minimum atomic E-state index is -0.258. The van der Waals surface area contributed by atoms with Crippen molar-refractivity contribution >= 4 is 143 Å². The van der Waals surface area contributed by atoms with Gasteiger partial charge in [-0.3, -0.25) is 0 Å². The van der Waals surface area contributed by atoms with Crippen molar-refractivity contribution < 1.29 is 0 Å². The summed E-state index contributed by atoms with van der Waals surface area (Å²) in [5.74, 6) is 0. The van der Waals surface area contributed by atoms with Crippen LogP contribution >= 0.6 is 11.8 Å². The minimum absolute atomic E-state index is 0.0784. The van der Waals surface area contributed by atoms with Gasteiger partial charge in [-0.25, -0.2) is 0 Å². The molecule has 0 saturated heterocycles. The topological polar surface area (TPSA) is 16.2 Å². The molecule has 590 valence electrons. The molecule has 0 atom stereocenters. The van der Waals surface area contributed by atoms with E-state index in [0.717, 1.165) is 130 Å². The lowest BCUT2D eigenvalue weighted by atomic mass is 9.31. The summed E-state index contributed by atoms with van der Waals surface area (Å²) in [6.07, 6.45) is 0. The number of hydrogen-bond acceptors (Lipinski definition) is 6. The maximum atomic E-state index is 2.74. The highest BCUT2D eigenvalue weighted by Gasteiger charge is 2.49. The normalized spacial score (nSPS) is 12.8. The first-order valence-corrected chi connectivity index (χ1v) is 44.1. The number of hydrogen-bond donors (Lipinski definition) is 0. The van der Waals surface area contributed by atoms with Gasteiger partial charge in [-0.15, -0.1) is 0 Å². The molecule has 0 aliphatic carbocycles. The van der Waals surface area contributed by atoms with Crippen LogP contribution in [0.25, 0.3) is 66.8 Å². The Labute approximate surface area is 733 Å². The van der Waals surface area contributed by atoms with E-state index in [2.05, 4.69) is 497 Å². The molecule has 0 radical (unpaired) electrons. The smallest absolute Gasteiger partial charge is 0.252 e. The summed E-state index contributed by atoms with van der Waals surface area (Å²) in [5.41, 5.74) is 40.1. The molecule has 22 rings (SSSR count). The van der Waals surface area contributed by atoms with Gasteiger partial charge in [-0.1, -0.05) is 374 Å². The van der Waals surface area contributed by atoms with Crippen LogP contribution in [-0.2, 0) is 10.8 Å². The molecule has 5 nitrogen and oxygen atoms in total. The fraction of sp³-hybridized carbons (Fsp3) is 0.0690. The lowest BCUT2D eigenvalue weighted by Crippen LogP contribution is -2.64. The van der Waals surface area contributed by atoms with E-state index in [0.29, 0.717) is 0 Å². The first-order valence-electron chi connectivity index (χ1n) is 43.2. The average molecular weight is 1610 g/mol. The van der Waals surface area contributed by atoms with Gasteiger partial charge in [0.1, 0.15) is 0 Å². The van der Waals surface area contributed by atoms with E-state index in [1.54, 1.807) is 0 Å². The number of para-hydroxylation sites is 5.